The molecule has 28 heavy (non-hydrogen) atoms. The summed E-state index contributed by atoms with van der Waals surface area (Å²) in [4.78, 5) is 27.4. The van der Waals surface area contributed by atoms with Crippen molar-refractivity contribution in [3.63, 3.8) is 0 Å². The van der Waals surface area contributed by atoms with Crippen LogP contribution >= 0.6 is 0 Å². The van der Waals surface area contributed by atoms with Gasteiger partial charge in [0.25, 0.3) is 0 Å². The number of pyridine rings is 1. The van der Waals surface area contributed by atoms with E-state index in [1.807, 2.05) is 48.2 Å². The van der Waals surface area contributed by atoms with E-state index in [2.05, 4.69) is 20.3 Å². The fourth-order valence-electron chi connectivity index (χ4n) is 3.45. The van der Waals surface area contributed by atoms with Gasteiger partial charge in [-0.25, -0.2) is 19.3 Å². The molecular weight excluding hydrogens is 357 g/mol. The van der Waals surface area contributed by atoms with Crippen molar-refractivity contribution in [3.05, 3.63) is 66.4 Å². The predicted octanol–water partition coefficient (Wildman–Crippen LogP) is 3.84. The smallest absolute Gasteiger partial charge is 0.247 e. The van der Waals surface area contributed by atoms with Crippen molar-refractivity contribution < 1.29 is 10.6 Å². The Morgan fingerprint density at radius 2 is 2.04 bits per heavy atom. The molecule has 1 atom stereocenters. The standard InChI is InChI=1S/C21H20FN5O.H2/c1-14-7-8-16(11-17(14)20-24-12-15(22)13-25-20)26-21(28)18-5-4-10-27(18)19-6-2-3-9-23-19;/h2-3,6-9,11-13,18H,4-5,10H2,1H3,(H,26,28);1H/t18-;/m1./s1. The molecule has 1 aromatic carbocycles. The summed E-state index contributed by atoms with van der Waals surface area (Å²) < 4.78 is 13.1. The number of anilines is 2. The van der Waals surface area contributed by atoms with E-state index in [-0.39, 0.29) is 13.4 Å². The van der Waals surface area contributed by atoms with Crippen LogP contribution in [0.2, 0.25) is 0 Å². The summed E-state index contributed by atoms with van der Waals surface area (Å²) in [5.74, 6) is 0.676. The van der Waals surface area contributed by atoms with Gasteiger partial charge in [0.05, 0.1) is 12.4 Å². The lowest BCUT2D eigenvalue weighted by Gasteiger charge is -2.25. The Labute approximate surface area is 164 Å². The van der Waals surface area contributed by atoms with Crippen LogP contribution in [0.4, 0.5) is 15.9 Å². The van der Waals surface area contributed by atoms with Gasteiger partial charge >= 0.3 is 0 Å². The molecule has 0 aliphatic carbocycles. The number of hydrogen-bond acceptors (Lipinski definition) is 5. The molecular formula is C21H22FN5O. The molecule has 3 heterocycles. The third-order valence-electron chi connectivity index (χ3n) is 4.87. The van der Waals surface area contributed by atoms with Crippen LogP contribution in [0.1, 0.15) is 19.8 Å². The highest BCUT2D eigenvalue weighted by Crippen LogP contribution is 2.27. The molecule has 0 bridgehead atoms. The summed E-state index contributed by atoms with van der Waals surface area (Å²) in [5.41, 5.74) is 2.36. The van der Waals surface area contributed by atoms with E-state index in [1.165, 1.54) is 0 Å². The third-order valence-corrected chi connectivity index (χ3v) is 4.87. The van der Waals surface area contributed by atoms with Crippen LogP contribution in [-0.2, 0) is 4.79 Å². The first-order valence-electron chi connectivity index (χ1n) is 9.19. The van der Waals surface area contributed by atoms with Crippen molar-refractivity contribution in [2.24, 2.45) is 0 Å². The van der Waals surface area contributed by atoms with Gasteiger partial charge in [-0.3, -0.25) is 4.79 Å². The molecule has 1 aliphatic rings. The average molecular weight is 379 g/mol. The van der Waals surface area contributed by atoms with Gasteiger partial charge in [-0.05, 0) is 49.6 Å². The molecule has 2 aromatic heterocycles. The topological polar surface area (TPSA) is 71.0 Å². The molecule has 7 heteroatoms. The second-order valence-corrected chi connectivity index (χ2v) is 6.78. The molecule has 1 amide bonds. The predicted molar refractivity (Wildman–Crippen MR) is 108 cm³/mol. The Kier molecular flexibility index (Phi) is 4.97. The summed E-state index contributed by atoms with van der Waals surface area (Å²) in [6.07, 6.45) is 5.73. The Morgan fingerprint density at radius 3 is 2.79 bits per heavy atom. The number of carbonyl (C=O) groups is 1. The van der Waals surface area contributed by atoms with Crippen molar-refractivity contribution in [2.45, 2.75) is 25.8 Å². The molecule has 1 saturated heterocycles. The van der Waals surface area contributed by atoms with Gasteiger partial charge in [0.1, 0.15) is 11.9 Å². The zero-order chi connectivity index (χ0) is 19.5. The second kappa shape index (κ2) is 7.72. The van der Waals surface area contributed by atoms with E-state index in [4.69, 9.17) is 0 Å². The van der Waals surface area contributed by atoms with E-state index >= 15 is 0 Å². The van der Waals surface area contributed by atoms with E-state index in [0.29, 0.717) is 11.5 Å². The lowest BCUT2D eigenvalue weighted by Crippen LogP contribution is -2.40. The SMILES string of the molecule is Cc1ccc(NC(=O)[C@H]2CCCN2c2ccccn2)cc1-c1ncc(F)cn1.[HH]. The van der Waals surface area contributed by atoms with E-state index in [1.54, 1.807) is 6.20 Å². The Balaban J connectivity index is 0.00000240. The van der Waals surface area contributed by atoms with Gasteiger partial charge in [-0.1, -0.05) is 12.1 Å². The quantitative estimate of drug-likeness (QED) is 0.746. The molecule has 1 fully saturated rings. The largest absolute Gasteiger partial charge is 0.345 e. The second-order valence-electron chi connectivity index (χ2n) is 6.78. The highest BCUT2D eigenvalue weighted by Gasteiger charge is 2.31. The van der Waals surface area contributed by atoms with Gasteiger partial charge in [-0.15, -0.1) is 0 Å². The van der Waals surface area contributed by atoms with Crippen molar-refractivity contribution in [1.29, 1.82) is 0 Å². The monoisotopic (exact) mass is 379 g/mol. The van der Waals surface area contributed by atoms with Gasteiger partial charge in [0.15, 0.2) is 11.6 Å². The maximum Gasteiger partial charge on any atom is 0.247 e. The third kappa shape index (κ3) is 3.69. The lowest BCUT2D eigenvalue weighted by molar-refractivity contribution is -0.117. The van der Waals surface area contributed by atoms with E-state index in [9.17, 15) is 9.18 Å². The molecule has 1 N–H and O–H groups in total. The zero-order valence-corrected chi connectivity index (χ0v) is 15.5. The highest BCUT2D eigenvalue weighted by molar-refractivity contribution is 5.97. The van der Waals surface area contributed by atoms with Crippen LogP contribution in [0.25, 0.3) is 11.4 Å². The summed E-state index contributed by atoms with van der Waals surface area (Å²) in [5, 5.41) is 2.99. The van der Waals surface area contributed by atoms with E-state index in [0.717, 1.165) is 48.7 Å². The highest BCUT2D eigenvalue weighted by atomic mass is 19.1. The maximum atomic E-state index is 13.1. The molecule has 1 aliphatic heterocycles. The van der Waals surface area contributed by atoms with Gasteiger partial charge in [0.2, 0.25) is 5.91 Å². The number of benzene rings is 1. The summed E-state index contributed by atoms with van der Waals surface area (Å²) in [7, 11) is 0. The number of nitrogens with one attached hydrogen (secondary N) is 1. The van der Waals surface area contributed by atoms with Crippen LogP contribution in [0.3, 0.4) is 0 Å². The summed E-state index contributed by atoms with van der Waals surface area (Å²) in [6.45, 7) is 2.73. The molecule has 3 aromatic rings. The van der Waals surface area contributed by atoms with Crippen LogP contribution < -0.4 is 10.2 Å². The summed E-state index contributed by atoms with van der Waals surface area (Å²) in [6, 6.07) is 11.0. The Hall–Kier alpha value is -3.35. The number of rotatable bonds is 4. The fourth-order valence-corrected chi connectivity index (χ4v) is 3.45. The Morgan fingerprint density at radius 1 is 1.21 bits per heavy atom. The molecule has 0 radical (unpaired) electrons. The van der Waals surface area contributed by atoms with Gasteiger partial charge in [-0.2, -0.15) is 0 Å². The number of aryl methyl sites for hydroxylation is 1. The maximum absolute atomic E-state index is 13.1. The number of halogens is 1. The number of aromatic nitrogens is 3. The average Bonchev–Trinajstić information content (AvgIpc) is 3.21. The molecule has 0 spiro atoms. The molecule has 6 nitrogen and oxygen atoms in total. The number of hydrogen-bond donors (Lipinski definition) is 1. The summed E-state index contributed by atoms with van der Waals surface area (Å²) >= 11 is 0. The lowest BCUT2D eigenvalue weighted by atomic mass is 10.1. The number of carbonyl (C=O) groups excluding carboxylic acids is 1. The minimum atomic E-state index is -0.485. The molecule has 4 rings (SSSR count). The first-order valence-corrected chi connectivity index (χ1v) is 9.19. The van der Waals surface area contributed by atoms with Crippen LogP contribution in [0.5, 0.6) is 0 Å². The van der Waals surface area contributed by atoms with Crippen LogP contribution in [-0.4, -0.2) is 33.4 Å². The normalized spacial score (nSPS) is 16.2. The molecule has 0 saturated carbocycles. The minimum Gasteiger partial charge on any atom is -0.345 e. The number of nitrogens with zero attached hydrogens (tertiary/aromatic N) is 4. The van der Waals surface area contributed by atoms with Crippen molar-refractivity contribution in [2.75, 3.05) is 16.8 Å². The van der Waals surface area contributed by atoms with Gasteiger partial charge < -0.3 is 10.2 Å². The van der Waals surface area contributed by atoms with Gasteiger partial charge in [0, 0.05) is 25.4 Å². The number of amides is 1. The Bertz CT molecular complexity index is 984. The minimum absolute atomic E-state index is 0. The van der Waals surface area contributed by atoms with Crippen LogP contribution in [0.15, 0.2) is 55.0 Å². The van der Waals surface area contributed by atoms with Crippen molar-refractivity contribution in [1.82, 2.24) is 15.0 Å². The zero-order valence-electron chi connectivity index (χ0n) is 15.5. The van der Waals surface area contributed by atoms with Crippen molar-refractivity contribution in [3.8, 4) is 11.4 Å². The molecule has 0 unspecified atom stereocenters. The first-order chi connectivity index (χ1) is 13.6. The first kappa shape index (κ1) is 18.0. The fraction of sp³-hybridized carbons (Fsp3) is 0.238. The van der Waals surface area contributed by atoms with E-state index < -0.39 is 5.82 Å². The molecule has 144 valence electrons. The van der Waals surface area contributed by atoms with Crippen LogP contribution in [0, 0.1) is 12.7 Å². The van der Waals surface area contributed by atoms with Crippen molar-refractivity contribution >= 4 is 17.4 Å².